The summed E-state index contributed by atoms with van der Waals surface area (Å²) in [4.78, 5) is 11.5. The Kier molecular flexibility index (Phi) is 9.35. The van der Waals surface area contributed by atoms with Crippen molar-refractivity contribution in [3.05, 3.63) is 0 Å². The highest BCUT2D eigenvalue weighted by Gasteiger charge is 2.19. The van der Waals surface area contributed by atoms with Crippen molar-refractivity contribution in [3.8, 4) is 0 Å². The Morgan fingerprint density at radius 2 is 2.06 bits per heavy atom. The highest BCUT2D eigenvalue weighted by molar-refractivity contribution is 7.89. The van der Waals surface area contributed by atoms with E-state index in [-0.39, 0.29) is 24.1 Å². The third-order valence-electron chi connectivity index (χ3n) is 2.22. The Morgan fingerprint density at radius 1 is 1.39 bits per heavy atom. The Hall–Kier alpha value is -0.370. The summed E-state index contributed by atoms with van der Waals surface area (Å²) in [6.07, 6.45) is 1.08. The molecule has 0 heterocycles. The van der Waals surface area contributed by atoms with Crippen LogP contribution in [0.25, 0.3) is 0 Å². The van der Waals surface area contributed by atoms with Crippen molar-refractivity contribution < 1.29 is 17.9 Å². The molecule has 0 bridgehead atoms. The molecule has 0 aromatic carbocycles. The number of methoxy groups -OCH3 is 1. The van der Waals surface area contributed by atoms with Crippen LogP contribution in [0, 0.1) is 0 Å². The third-order valence-corrected chi connectivity index (χ3v) is 4.38. The number of nitrogens with zero attached hydrogens (tertiary/aromatic N) is 1. The normalized spacial score (nSPS) is 11.8. The minimum Gasteiger partial charge on any atom is -0.385 e. The quantitative estimate of drug-likeness (QED) is 0.456. The summed E-state index contributed by atoms with van der Waals surface area (Å²) in [6.45, 7) is 0.865. The second-order valence-electron chi connectivity index (χ2n) is 3.81. The summed E-state index contributed by atoms with van der Waals surface area (Å²) in [7, 11) is -0.420. The number of nitrogens with one attached hydrogen (secondary N) is 1. The molecule has 0 saturated carbocycles. The zero-order valence-corrected chi connectivity index (χ0v) is 12.4. The van der Waals surface area contributed by atoms with Gasteiger partial charge in [0, 0.05) is 33.2 Å². The zero-order valence-electron chi connectivity index (χ0n) is 10.8. The average molecular weight is 301 g/mol. The van der Waals surface area contributed by atoms with Crippen molar-refractivity contribution in [2.75, 3.05) is 45.5 Å². The zero-order chi connectivity index (χ0) is 14.0. The van der Waals surface area contributed by atoms with Gasteiger partial charge in [-0.3, -0.25) is 4.79 Å². The van der Waals surface area contributed by atoms with Crippen LogP contribution in [0.2, 0.25) is 0 Å². The van der Waals surface area contributed by atoms with Crippen LogP contribution in [0.5, 0.6) is 0 Å². The van der Waals surface area contributed by atoms with Gasteiger partial charge in [-0.05, 0) is 12.8 Å². The van der Waals surface area contributed by atoms with Crippen molar-refractivity contribution in [2.45, 2.75) is 12.8 Å². The van der Waals surface area contributed by atoms with E-state index in [4.69, 9.17) is 16.3 Å². The van der Waals surface area contributed by atoms with Crippen LogP contribution in [0.3, 0.4) is 0 Å². The molecule has 0 aliphatic heterocycles. The van der Waals surface area contributed by atoms with Crippen molar-refractivity contribution in [3.63, 3.8) is 0 Å². The van der Waals surface area contributed by atoms with Crippen LogP contribution in [0.1, 0.15) is 12.8 Å². The van der Waals surface area contributed by atoms with E-state index in [0.29, 0.717) is 26.0 Å². The van der Waals surface area contributed by atoms with Crippen molar-refractivity contribution >= 4 is 27.5 Å². The number of ether oxygens (including phenoxy) is 1. The van der Waals surface area contributed by atoms with Gasteiger partial charge >= 0.3 is 0 Å². The molecule has 108 valence electrons. The minimum atomic E-state index is -3.39. The molecule has 0 radical (unpaired) electrons. The molecular formula is C10H21ClN2O4S. The standard InChI is InChI=1S/C10H21ClN2O4S/c1-13(18(15,16)8-3-5-11)9-10(14)12-6-4-7-17-2/h3-9H2,1-2H3,(H,12,14). The molecule has 0 aliphatic rings. The monoisotopic (exact) mass is 300 g/mol. The first-order valence-electron chi connectivity index (χ1n) is 5.69. The first kappa shape index (κ1) is 17.6. The molecule has 1 N–H and O–H groups in total. The SMILES string of the molecule is COCCCNC(=O)CN(C)S(=O)(=O)CCCCl. The summed E-state index contributed by atoms with van der Waals surface area (Å²) < 4.78 is 29.2. The van der Waals surface area contributed by atoms with Crippen molar-refractivity contribution in [1.82, 2.24) is 9.62 Å². The van der Waals surface area contributed by atoms with Gasteiger partial charge in [-0.2, -0.15) is 4.31 Å². The number of carbonyl (C=O) groups excluding carboxylic acids is 1. The number of amides is 1. The number of hydrogen-bond donors (Lipinski definition) is 1. The molecule has 0 aromatic heterocycles. The maximum atomic E-state index is 11.7. The lowest BCUT2D eigenvalue weighted by Crippen LogP contribution is -2.39. The van der Waals surface area contributed by atoms with Crippen molar-refractivity contribution in [1.29, 1.82) is 0 Å². The molecule has 0 rings (SSSR count). The van der Waals surface area contributed by atoms with Gasteiger partial charge in [0.15, 0.2) is 0 Å². The average Bonchev–Trinajstić information content (AvgIpc) is 2.32. The molecule has 0 atom stereocenters. The lowest BCUT2D eigenvalue weighted by Gasteiger charge is -2.16. The number of hydrogen-bond acceptors (Lipinski definition) is 4. The molecule has 0 fully saturated rings. The highest BCUT2D eigenvalue weighted by atomic mass is 35.5. The maximum Gasteiger partial charge on any atom is 0.235 e. The number of rotatable bonds is 10. The number of sulfonamides is 1. The second kappa shape index (κ2) is 9.55. The predicted octanol–water partition coefficient (Wildman–Crippen LogP) is 0.0296. The maximum absolute atomic E-state index is 11.7. The van der Waals surface area contributed by atoms with E-state index in [1.807, 2.05) is 0 Å². The third kappa shape index (κ3) is 7.86. The summed E-state index contributed by atoms with van der Waals surface area (Å²) in [5, 5.41) is 2.63. The molecule has 0 spiro atoms. The Morgan fingerprint density at radius 3 is 2.61 bits per heavy atom. The first-order chi connectivity index (χ1) is 8.44. The molecule has 6 nitrogen and oxygen atoms in total. The Balaban J connectivity index is 3.98. The number of likely N-dealkylation sites (N-methyl/N-ethyl adjacent to an activating group) is 1. The highest BCUT2D eigenvalue weighted by Crippen LogP contribution is 2.01. The fraction of sp³-hybridized carbons (Fsp3) is 0.900. The van der Waals surface area contributed by atoms with Crippen LogP contribution in [0.4, 0.5) is 0 Å². The van der Waals surface area contributed by atoms with Gasteiger partial charge in [-0.1, -0.05) is 0 Å². The Labute approximate surface area is 114 Å². The lowest BCUT2D eigenvalue weighted by molar-refractivity contribution is -0.121. The first-order valence-corrected chi connectivity index (χ1v) is 7.84. The van der Waals surface area contributed by atoms with Crippen LogP contribution < -0.4 is 5.32 Å². The Bertz CT molecular complexity index is 335. The summed E-state index contributed by atoms with van der Waals surface area (Å²) in [6, 6.07) is 0. The summed E-state index contributed by atoms with van der Waals surface area (Å²) in [5.74, 6) is -0.0664. The van der Waals surface area contributed by atoms with E-state index in [1.165, 1.54) is 7.05 Å². The van der Waals surface area contributed by atoms with Crippen LogP contribution >= 0.6 is 11.6 Å². The number of carbonyl (C=O) groups is 1. The van der Waals surface area contributed by atoms with E-state index < -0.39 is 10.0 Å². The van der Waals surface area contributed by atoms with Crippen LogP contribution in [-0.4, -0.2) is 64.1 Å². The van der Waals surface area contributed by atoms with Gasteiger partial charge < -0.3 is 10.1 Å². The summed E-state index contributed by atoms with van der Waals surface area (Å²) in [5.41, 5.74) is 0. The fourth-order valence-corrected chi connectivity index (χ4v) is 2.62. The summed E-state index contributed by atoms with van der Waals surface area (Å²) >= 11 is 5.44. The van der Waals surface area contributed by atoms with Crippen LogP contribution in [-0.2, 0) is 19.6 Å². The number of alkyl halides is 1. The predicted molar refractivity (Wildman–Crippen MR) is 71.3 cm³/mol. The van der Waals surface area contributed by atoms with E-state index in [9.17, 15) is 13.2 Å². The van der Waals surface area contributed by atoms with E-state index in [0.717, 1.165) is 4.31 Å². The van der Waals surface area contributed by atoms with E-state index in [1.54, 1.807) is 7.11 Å². The van der Waals surface area contributed by atoms with Gasteiger partial charge in [-0.15, -0.1) is 11.6 Å². The number of halogens is 1. The van der Waals surface area contributed by atoms with Gasteiger partial charge in [0.2, 0.25) is 15.9 Å². The van der Waals surface area contributed by atoms with Crippen LogP contribution in [0.15, 0.2) is 0 Å². The van der Waals surface area contributed by atoms with Gasteiger partial charge in [-0.25, -0.2) is 8.42 Å². The minimum absolute atomic E-state index is 0.0377. The van der Waals surface area contributed by atoms with E-state index in [2.05, 4.69) is 5.32 Å². The molecular weight excluding hydrogens is 280 g/mol. The second-order valence-corrected chi connectivity index (χ2v) is 6.38. The molecule has 8 heteroatoms. The molecule has 18 heavy (non-hydrogen) atoms. The van der Waals surface area contributed by atoms with Gasteiger partial charge in [0.05, 0.1) is 12.3 Å². The van der Waals surface area contributed by atoms with Gasteiger partial charge in [0.1, 0.15) is 0 Å². The topological polar surface area (TPSA) is 75.7 Å². The fourth-order valence-electron chi connectivity index (χ4n) is 1.19. The molecule has 0 aliphatic carbocycles. The molecule has 1 amide bonds. The largest absolute Gasteiger partial charge is 0.385 e. The molecule has 0 aromatic rings. The van der Waals surface area contributed by atoms with E-state index >= 15 is 0 Å². The van der Waals surface area contributed by atoms with Crippen molar-refractivity contribution in [2.24, 2.45) is 0 Å². The lowest BCUT2D eigenvalue weighted by atomic mass is 10.4. The smallest absolute Gasteiger partial charge is 0.235 e. The molecule has 0 saturated heterocycles. The van der Waals surface area contributed by atoms with Gasteiger partial charge in [0.25, 0.3) is 0 Å². The molecule has 0 unspecified atom stereocenters.